The molecule has 3 rings (SSSR count). The normalized spacial score (nSPS) is 18.7. The van der Waals surface area contributed by atoms with Gasteiger partial charge in [-0.15, -0.1) is 0 Å². The van der Waals surface area contributed by atoms with Gasteiger partial charge >= 0.3 is 0 Å². The second-order valence-corrected chi connectivity index (χ2v) is 8.19. The van der Waals surface area contributed by atoms with Crippen LogP contribution in [0.15, 0.2) is 59.5 Å². The third-order valence-electron chi connectivity index (χ3n) is 4.43. The first kappa shape index (κ1) is 17.6. The Kier molecular flexibility index (Phi) is 5.20. The van der Waals surface area contributed by atoms with E-state index in [1.54, 1.807) is 30.3 Å². The molecule has 0 aliphatic carbocycles. The number of carbonyl (C=O) groups is 1. The summed E-state index contributed by atoms with van der Waals surface area (Å²) in [7, 11) is -3.68. The van der Waals surface area contributed by atoms with Crippen LogP contribution in [0, 0.1) is 6.92 Å². The lowest BCUT2D eigenvalue weighted by Crippen LogP contribution is -2.49. The minimum absolute atomic E-state index is 0.227. The first-order valence-corrected chi connectivity index (χ1v) is 9.87. The fraction of sp³-hybridized carbons (Fsp3) is 0.316. The molecule has 1 aliphatic rings. The predicted octanol–water partition coefficient (Wildman–Crippen LogP) is 3.18. The van der Waals surface area contributed by atoms with Crippen LogP contribution in [0.2, 0.25) is 0 Å². The number of benzene rings is 2. The lowest BCUT2D eigenvalue weighted by molar-refractivity contribution is -0.120. The number of aryl methyl sites for hydroxylation is 1. The molecule has 0 aromatic heterocycles. The van der Waals surface area contributed by atoms with Crippen molar-refractivity contribution in [2.45, 2.75) is 37.1 Å². The van der Waals surface area contributed by atoms with Gasteiger partial charge in [-0.05, 0) is 44.0 Å². The second-order valence-electron chi connectivity index (χ2n) is 6.30. The molecule has 0 spiro atoms. The lowest BCUT2D eigenvalue weighted by atomic mass is 10.0. The van der Waals surface area contributed by atoms with Gasteiger partial charge in [-0.3, -0.25) is 4.79 Å². The quantitative estimate of drug-likeness (QED) is 0.913. The third kappa shape index (κ3) is 3.91. The smallest absolute Gasteiger partial charge is 0.243 e. The topological polar surface area (TPSA) is 66.5 Å². The Morgan fingerprint density at radius 2 is 1.72 bits per heavy atom. The predicted molar refractivity (Wildman–Crippen MR) is 97.8 cm³/mol. The van der Waals surface area contributed by atoms with Crippen LogP contribution in [-0.4, -0.2) is 31.2 Å². The number of carbonyl (C=O) groups excluding carboxylic acids is 1. The van der Waals surface area contributed by atoms with E-state index >= 15 is 0 Å². The molecule has 6 heteroatoms. The molecule has 1 fully saturated rings. The van der Waals surface area contributed by atoms with E-state index in [2.05, 4.69) is 5.32 Å². The van der Waals surface area contributed by atoms with E-state index in [1.807, 2.05) is 31.2 Å². The fourth-order valence-corrected chi connectivity index (χ4v) is 4.72. The Morgan fingerprint density at radius 3 is 2.40 bits per heavy atom. The zero-order chi connectivity index (χ0) is 17.9. The van der Waals surface area contributed by atoms with Gasteiger partial charge in [-0.2, -0.15) is 4.31 Å². The summed E-state index contributed by atoms with van der Waals surface area (Å²) >= 11 is 0. The molecule has 1 amide bonds. The highest BCUT2D eigenvalue weighted by Gasteiger charge is 2.37. The van der Waals surface area contributed by atoms with Crippen molar-refractivity contribution in [1.29, 1.82) is 0 Å². The molecule has 1 heterocycles. The zero-order valence-corrected chi connectivity index (χ0v) is 15.0. The van der Waals surface area contributed by atoms with Gasteiger partial charge in [0.15, 0.2) is 0 Å². The Bertz CT molecular complexity index is 833. The van der Waals surface area contributed by atoms with Crippen molar-refractivity contribution < 1.29 is 13.2 Å². The average Bonchev–Trinajstić information content (AvgIpc) is 2.64. The summed E-state index contributed by atoms with van der Waals surface area (Å²) in [4.78, 5) is 13.0. The van der Waals surface area contributed by atoms with Crippen molar-refractivity contribution in [3.05, 3.63) is 60.2 Å². The van der Waals surface area contributed by atoms with Crippen molar-refractivity contribution in [2.24, 2.45) is 0 Å². The third-order valence-corrected chi connectivity index (χ3v) is 6.35. The molecule has 132 valence electrons. The largest absolute Gasteiger partial charge is 0.325 e. The van der Waals surface area contributed by atoms with Crippen molar-refractivity contribution in [2.75, 3.05) is 11.9 Å². The molecular formula is C19H22N2O3S. The summed E-state index contributed by atoms with van der Waals surface area (Å²) in [5.74, 6) is -0.275. The minimum Gasteiger partial charge on any atom is -0.325 e. The SMILES string of the molecule is Cc1ccc(NC(=O)[C@@H]2CCCCN2S(=O)(=O)c2ccccc2)cc1. The Balaban J connectivity index is 1.83. The van der Waals surface area contributed by atoms with Gasteiger partial charge in [0, 0.05) is 12.2 Å². The van der Waals surface area contributed by atoms with Crippen LogP contribution in [0.25, 0.3) is 0 Å². The fourth-order valence-electron chi connectivity index (χ4n) is 3.05. The number of nitrogens with one attached hydrogen (secondary N) is 1. The van der Waals surface area contributed by atoms with Crippen LogP contribution >= 0.6 is 0 Å². The van der Waals surface area contributed by atoms with Crippen LogP contribution < -0.4 is 5.32 Å². The van der Waals surface area contributed by atoms with Gasteiger partial charge in [0.1, 0.15) is 6.04 Å². The first-order valence-electron chi connectivity index (χ1n) is 8.43. The molecule has 0 bridgehead atoms. The van der Waals surface area contributed by atoms with Crippen LogP contribution in [-0.2, 0) is 14.8 Å². The molecule has 1 atom stereocenters. The molecule has 0 saturated carbocycles. The van der Waals surface area contributed by atoms with Gasteiger partial charge < -0.3 is 5.32 Å². The molecule has 25 heavy (non-hydrogen) atoms. The van der Waals surface area contributed by atoms with E-state index in [9.17, 15) is 13.2 Å². The monoisotopic (exact) mass is 358 g/mol. The Hall–Kier alpha value is -2.18. The van der Waals surface area contributed by atoms with Crippen LogP contribution in [0.3, 0.4) is 0 Å². The number of amides is 1. The Morgan fingerprint density at radius 1 is 1.04 bits per heavy atom. The van der Waals surface area contributed by atoms with E-state index in [-0.39, 0.29) is 10.8 Å². The maximum Gasteiger partial charge on any atom is 0.243 e. The van der Waals surface area contributed by atoms with Crippen molar-refractivity contribution >= 4 is 21.6 Å². The van der Waals surface area contributed by atoms with Gasteiger partial charge in [0.05, 0.1) is 4.90 Å². The highest BCUT2D eigenvalue weighted by atomic mass is 32.2. The maximum absolute atomic E-state index is 12.9. The summed E-state index contributed by atoms with van der Waals surface area (Å²) in [6.07, 6.45) is 2.14. The maximum atomic E-state index is 12.9. The van der Waals surface area contributed by atoms with Gasteiger partial charge in [-0.25, -0.2) is 8.42 Å². The van der Waals surface area contributed by atoms with Crippen molar-refractivity contribution in [3.8, 4) is 0 Å². The highest BCUT2D eigenvalue weighted by Crippen LogP contribution is 2.26. The van der Waals surface area contributed by atoms with E-state index in [1.165, 1.54) is 4.31 Å². The molecule has 2 aromatic carbocycles. The number of nitrogens with zero attached hydrogens (tertiary/aromatic N) is 1. The number of anilines is 1. The number of hydrogen-bond acceptors (Lipinski definition) is 3. The second kappa shape index (κ2) is 7.37. The molecular weight excluding hydrogens is 336 g/mol. The van der Waals surface area contributed by atoms with Gasteiger partial charge in [0.2, 0.25) is 15.9 Å². The highest BCUT2D eigenvalue weighted by molar-refractivity contribution is 7.89. The zero-order valence-electron chi connectivity index (χ0n) is 14.2. The van der Waals surface area contributed by atoms with Crippen molar-refractivity contribution in [1.82, 2.24) is 4.31 Å². The van der Waals surface area contributed by atoms with Gasteiger partial charge in [0.25, 0.3) is 0 Å². The van der Waals surface area contributed by atoms with E-state index in [0.717, 1.165) is 18.4 Å². The molecule has 2 aromatic rings. The number of hydrogen-bond donors (Lipinski definition) is 1. The number of piperidine rings is 1. The number of rotatable bonds is 4. The lowest BCUT2D eigenvalue weighted by Gasteiger charge is -2.33. The first-order chi connectivity index (χ1) is 12.0. The van der Waals surface area contributed by atoms with E-state index < -0.39 is 16.1 Å². The molecule has 0 unspecified atom stereocenters. The van der Waals surface area contributed by atoms with E-state index in [4.69, 9.17) is 0 Å². The summed E-state index contributed by atoms with van der Waals surface area (Å²) in [6.45, 7) is 2.34. The standard InChI is InChI=1S/C19H22N2O3S/c1-15-10-12-16(13-11-15)20-19(22)18-9-5-6-14-21(18)25(23,24)17-7-3-2-4-8-17/h2-4,7-8,10-13,18H,5-6,9,14H2,1H3,(H,20,22)/t18-/m0/s1. The summed E-state index contributed by atoms with van der Waals surface area (Å²) < 4.78 is 27.2. The number of sulfonamides is 1. The molecule has 1 N–H and O–H groups in total. The molecule has 0 radical (unpaired) electrons. The van der Waals surface area contributed by atoms with Crippen LogP contribution in [0.4, 0.5) is 5.69 Å². The minimum atomic E-state index is -3.68. The van der Waals surface area contributed by atoms with Gasteiger partial charge in [-0.1, -0.05) is 42.3 Å². The van der Waals surface area contributed by atoms with Crippen LogP contribution in [0.1, 0.15) is 24.8 Å². The summed E-state index contributed by atoms with van der Waals surface area (Å²) in [5.41, 5.74) is 1.78. The van der Waals surface area contributed by atoms with Crippen LogP contribution in [0.5, 0.6) is 0 Å². The summed E-state index contributed by atoms with van der Waals surface area (Å²) in [5, 5.41) is 2.85. The molecule has 1 saturated heterocycles. The average molecular weight is 358 g/mol. The Labute approximate surface area is 148 Å². The summed E-state index contributed by atoms with van der Waals surface area (Å²) in [6, 6.07) is 15.1. The van der Waals surface area contributed by atoms with E-state index in [0.29, 0.717) is 18.7 Å². The molecule has 5 nitrogen and oxygen atoms in total. The van der Waals surface area contributed by atoms with Crippen molar-refractivity contribution in [3.63, 3.8) is 0 Å². The molecule has 1 aliphatic heterocycles.